The Morgan fingerprint density at radius 2 is 1.90 bits per heavy atom. The molecule has 0 saturated heterocycles. The van der Waals surface area contributed by atoms with Crippen molar-refractivity contribution in [2.24, 2.45) is 0 Å². The highest BCUT2D eigenvalue weighted by atomic mass is 35.5. The third-order valence-electron chi connectivity index (χ3n) is 4.82. The summed E-state index contributed by atoms with van der Waals surface area (Å²) >= 11 is 5.87. The molecular weight excluding hydrogens is 390 g/mol. The number of anilines is 1. The number of fused-ring (bicyclic) bond motifs is 1. The van der Waals surface area contributed by atoms with Gasteiger partial charge in [0.1, 0.15) is 17.6 Å². The fourth-order valence-corrected chi connectivity index (χ4v) is 3.50. The normalized spacial score (nSPS) is 13.7. The molecular formula is C22H18ClN3O3. The van der Waals surface area contributed by atoms with Gasteiger partial charge in [-0.2, -0.15) is 0 Å². The van der Waals surface area contributed by atoms with Gasteiger partial charge in [-0.15, -0.1) is 0 Å². The number of amides is 2. The molecule has 0 aliphatic carbocycles. The lowest BCUT2D eigenvalue weighted by molar-refractivity contribution is -0.120. The van der Waals surface area contributed by atoms with E-state index in [1.807, 2.05) is 18.2 Å². The van der Waals surface area contributed by atoms with Crippen LogP contribution in [0, 0.1) is 0 Å². The van der Waals surface area contributed by atoms with Gasteiger partial charge in [-0.1, -0.05) is 41.9 Å². The number of aromatic nitrogens is 1. The van der Waals surface area contributed by atoms with Crippen LogP contribution in [0.15, 0.2) is 66.9 Å². The van der Waals surface area contributed by atoms with Gasteiger partial charge in [-0.05, 0) is 41.5 Å². The van der Waals surface area contributed by atoms with Crippen LogP contribution in [0.2, 0.25) is 5.02 Å². The van der Waals surface area contributed by atoms with Gasteiger partial charge in [0.05, 0.1) is 12.1 Å². The number of hydrogen-bond acceptors (Lipinski definition) is 4. The first-order chi connectivity index (χ1) is 14.1. The molecule has 29 heavy (non-hydrogen) atoms. The predicted octanol–water partition coefficient (Wildman–Crippen LogP) is 4.08. The number of carbonyl (C=O) groups is 2. The largest absolute Gasteiger partial charge is 0.497 e. The van der Waals surface area contributed by atoms with Crippen molar-refractivity contribution >= 4 is 29.2 Å². The number of nitrogens with zero attached hydrogens (tertiary/aromatic N) is 2. The lowest BCUT2D eigenvalue weighted by Crippen LogP contribution is -2.37. The average molecular weight is 408 g/mol. The maximum Gasteiger partial charge on any atom is 0.255 e. The Kier molecular flexibility index (Phi) is 5.18. The summed E-state index contributed by atoms with van der Waals surface area (Å²) in [6.07, 6.45) is 1.45. The second-order valence-electron chi connectivity index (χ2n) is 6.62. The number of hydrogen-bond donors (Lipinski definition) is 1. The summed E-state index contributed by atoms with van der Waals surface area (Å²) in [4.78, 5) is 31.9. The number of ether oxygens (including phenoxy) is 1. The molecule has 0 radical (unpaired) electrons. The molecule has 1 aliphatic rings. The van der Waals surface area contributed by atoms with Gasteiger partial charge < -0.3 is 15.0 Å². The fraction of sp³-hybridized carbons (Fsp3) is 0.136. The SMILES string of the molecule is COc1ccc([C@@H](C(=O)Nc2ccc(Cl)cn2)N2Cc3ccccc3C2=O)cc1. The maximum atomic E-state index is 13.2. The van der Waals surface area contributed by atoms with Crippen molar-refractivity contribution in [1.29, 1.82) is 0 Å². The molecule has 6 nitrogen and oxygen atoms in total. The van der Waals surface area contributed by atoms with Crippen LogP contribution in [0.1, 0.15) is 27.5 Å². The maximum absolute atomic E-state index is 13.2. The molecule has 1 N–H and O–H groups in total. The van der Waals surface area contributed by atoms with Crippen LogP contribution in [0.5, 0.6) is 5.75 Å². The van der Waals surface area contributed by atoms with Gasteiger partial charge in [0.15, 0.2) is 0 Å². The van der Waals surface area contributed by atoms with E-state index in [2.05, 4.69) is 10.3 Å². The van der Waals surface area contributed by atoms with Crippen molar-refractivity contribution in [3.63, 3.8) is 0 Å². The number of carbonyl (C=O) groups excluding carboxylic acids is 2. The number of benzene rings is 2. The minimum atomic E-state index is -0.821. The topological polar surface area (TPSA) is 71.5 Å². The average Bonchev–Trinajstić information content (AvgIpc) is 3.07. The predicted molar refractivity (Wildman–Crippen MR) is 110 cm³/mol. The highest BCUT2D eigenvalue weighted by Gasteiger charge is 2.37. The number of rotatable bonds is 5. The smallest absolute Gasteiger partial charge is 0.255 e. The first-order valence-corrected chi connectivity index (χ1v) is 9.40. The van der Waals surface area contributed by atoms with Crippen LogP contribution in [0.4, 0.5) is 5.82 Å². The molecule has 146 valence electrons. The molecule has 0 saturated carbocycles. The summed E-state index contributed by atoms with van der Waals surface area (Å²) in [7, 11) is 1.58. The highest BCUT2D eigenvalue weighted by Crippen LogP contribution is 2.33. The molecule has 0 fully saturated rings. The summed E-state index contributed by atoms with van der Waals surface area (Å²) in [6, 6.07) is 16.9. The molecule has 2 heterocycles. The Balaban J connectivity index is 1.68. The Labute approximate surface area is 173 Å². The molecule has 1 aliphatic heterocycles. The van der Waals surface area contributed by atoms with Crippen molar-refractivity contribution in [3.05, 3.63) is 88.6 Å². The van der Waals surface area contributed by atoms with Crippen LogP contribution < -0.4 is 10.1 Å². The third-order valence-corrected chi connectivity index (χ3v) is 5.04. The Hall–Kier alpha value is -3.38. The van der Waals surface area contributed by atoms with Crippen LogP contribution in [-0.4, -0.2) is 28.8 Å². The van der Waals surface area contributed by atoms with Gasteiger partial charge in [0.25, 0.3) is 11.8 Å². The second-order valence-corrected chi connectivity index (χ2v) is 7.05. The summed E-state index contributed by atoms with van der Waals surface area (Å²) in [5.74, 6) is 0.497. The molecule has 1 aromatic heterocycles. The van der Waals surface area contributed by atoms with E-state index in [9.17, 15) is 9.59 Å². The third kappa shape index (κ3) is 3.79. The van der Waals surface area contributed by atoms with Crippen molar-refractivity contribution in [2.45, 2.75) is 12.6 Å². The van der Waals surface area contributed by atoms with E-state index in [1.165, 1.54) is 6.20 Å². The van der Waals surface area contributed by atoms with Crippen LogP contribution in [-0.2, 0) is 11.3 Å². The van der Waals surface area contributed by atoms with Gasteiger partial charge >= 0.3 is 0 Å². The summed E-state index contributed by atoms with van der Waals surface area (Å²) in [5.41, 5.74) is 2.19. The molecule has 1 atom stereocenters. The number of pyridine rings is 1. The number of halogens is 1. The lowest BCUT2D eigenvalue weighted by Gasteiger charge is -2.27. The quantitative estimate of drug-likeness (QED) is 0.691. The lowest BCUT2D eigenvalue weighted by atomic mass is 10.0. The highest BCUT2D eigenvalue weighted by molar-refractivity contribution is 6.30. The minimum Gasteiger partial charge on any atom is -0.497 e. The van der Waals surface area contributed by atoms with E-state index in [-0.39, 0.29) is 11.8 Å². The fourth-order valence-electron chi connectivity index (χ4n) is 3.39. The molecule has 2 aromatic carbocycles. The molecule has 0 unspecified atom stereocenters. The van der Waals surface area contributed by atoms with E-state index < -0.39 is 6.04 Å². The van der Waals surface area contributed by atoms with Gasteiger partial charge in [-0.25, -0.2) is 4.98 Å². The van der Waals surface area contributed by atoms with E-state index in [4.69, 9.17) is 16.3 Å². The van der Waals surface area contributed by atoms with Crippen LogP contribution in [0.3, 0.4) is 0 Å². The molecule has 2 amide bonds. The standard InChI is InChI=1S/C22H18ClN3O3/c1-29-17-9-6-14(7-10-17)20(21(27)25-19-11-8-16(23)12-24-19)26-13-15-4-2-3-5-18(15)22(26)28/h2-12,20H,13H2,1H3,(H,24,25,27)/t20-/m0/s1. The Morgan fingerprint density at radius 3 is 2.55 bits per heavy atom. The van der Waals surface area contributed by atoms with Crippen molar-refractivity contribution in [3.8, 4) is 5.75 Å². The first kappa shape index (κ1) is 19.0. The van der Waals surface area contributed by atoms with E-state index in [1.54, 1.807) is 54.5 Å². The van der Waals surface area contributed by atoms with Crippen molar-refractivity contribution in [2.75, 3.05) is 12.4 Å². The van der Waals surface area contributed by atoms with E-state index in [0.29, 0.717) is 34.3 Å². The van der Waals surface area contributed by atoms with Crippen molar-refractivity contribution < 1.29 is 14.3 Å². The zero-order chi connectivity index (χ0) is 20.4. The van der Waals surface area contributed by atoms with Crippen LogP contribution >= 0.6 is 11.6 Å². The Bertz CT molecular complexity index is 1050. The van der Waals surface area contributed by atoms with Crippen molar-refractivity contribution in [1.82, 2.24) is 9.88 Å². The molecule has 4 rings (SSSR count). The summed E-state index contributed by atoms with van der Waals surface area (Å²) in [5, 5.41) is 3.26. The molecule has 7 heteroatoms. The van der Waals surface area contributed by atoms with E-state index in [0.717, 1.165) is 5.56 Å². The van der Waals surface area contributed by atoms with Gasteiger partial charge in [-0.3, -0.25) is 9.59 Å². The molecule has 3 aromatic rings. The summed E-state index contributed by atoms with van der Waals surface area (Å²) in [6.45, 7) is 0.354. The second kappa shape index (κ2) is 7.93. The molecule has 0 spiro atoms. The van der Waals surface area contributed by atoms with Gasteiger partial charge in [0.2, 0.25) is 0 Å². The summed E-state index contributed by atoms with van der Waals surface area (Å²) < 4.78 is 5.21. The number of methoxy groups -OCH3 is 1. The minimum absolute atomic E-state index is 0.180. The molecule has 0 bridgehead atoms. The van der Waals surface area contributed by atoms with E-state index >= 15 is 0 Å². The van der Waals surface area contributed by atoms with Gasteiger partial charge in [0, 0.05) is 18.3 Å². The monoisotopic (exact) mass is 407 g/mol. The first-order valence-electron chi connectivity index (χ1n) is 9.02. The zero-order valence-electron chi connectivity index (χ0n) is 15.6. The zero-order valence-corrected chi connectivity index (χ0v) is 16.4. The Morgan fingerprint density at radius 1 is 1.14 bits per heavy atom. The van der Waals surface area contributed by atoms with Crippen LogP contribution in [0.25, 0.3) is 0 Å². The number of nitrogens with one attached hydrogen (secondary N) is 1.